The van der Waals surface area contributed by atoms with Gasteiger partial charge in [-0.15, -0.1) is 0 Å². The zero-order chi connectivity index (χ0) is 11.5. The van der Waals surface area contributed by atoms with Crippen LogP contribution in [0.2, 0.25) is 0 Å². The van der Waals surface area contributed by atoms with E-state index in [1.807, 2.05) is 0 Å². The maximum absolute atomic E-state index is 4.52. The predicted molar refractivity (Wildman–Crippen MR) is 69.1 cm³/mol. The van der Waals surface area contributed by atoms with Crippen molar-refractivity contribution in [2.75, 3.05) is 6.54 Å². The van der Waals surface area contributed by atoms with E-state index in [9.17, 15) is 0 Å². The van der Waals surface area contributed by atoms with Gasteiger partial charge in [0.1, 0.15) is 0 Å². The molecule has 3 nitrogen and oxygen atoms in total. The summed E-state index contributed by atoms with van der Waals surface area (Å²) >= 11 is 0. The number of hydrogen-bond acceptors (Lipinski definition) is 2. The van der Waals surface area contributed by atoms with Gasteiger partial charge in [-0.3, -0.25) is 4.68 Å². The number of hydrogen-bond donors (Lipinski definition) is 1. The van der Waals surface area contributed by atoms with Crippen LogP contribution >= 0.6 is 0 Å². The van der Waals surface area contributed by atoms with Crippen LogP contribution in [0.25, 0.3) is 0 Å². The quantitative estimate of drug-likeness (QED) is 0.766. The summed E-state index contributed by atoms with van der Waals surface area (Å²) in [6.07, 6.45) is 14.9. The summed E-state index contributed by atoms with van der Waals surface area (Å²) in [5.74, 6) is 0. The van der Waals surface area contributed by atoms with Gasteiger partial charge in [0.2, 0.25) is 0 Å². The molecular weight excluding hydrogens is 210 g/mol. The normalized spacial score (nSPS) is 21.2. The smallest absolute Gasteiger partial charge is 0.0521 e. The SMILES string of the molecule is c1nn(C2CCCC2)cc1CCCNC1CC1. The molecule has 2 aliphatic rings. The van der Waals surface area contributed by atoms with Gasteiger partial charge in [-0.2, -0.15) is 5.10 Å². The molecule has 0 aliphatic heterocycles. The molecule has 0 amide bonds. The lowest BCUT2D eigenvalue weighted by molar-refractivity contribution is 0.466. The van der Waals surface area contributed by atoms with E-state index < -0.39 is 0 Å². The van der Waals surface area contributed by atoms with E-state index >= 15 is 0 Å². The van der Waals surface area contributed by atoms with Gasteiger partial charge in [-0.25, -0.2) is 0 Å². The van der Waals surface area contributed by atoms with Gasteiger partial charge in [0, 0.05) is 12.2 Å². The lowest BCUT2D eigenvalue weighted by Crippen LogP contribution is -2.17. The molecule has 2 fully saturated rings. The summed E-state index contributed by atoms with van der Waals surface area (Å²) in [5.41, 5.74) is 1.41. The third kappa shape index (κ3) is 3.09. The fourth-order valence-electron chi connectivity index (χ4n) is 2.76. The maximum atomic E-state index is 4.52. The van der Waals surface area contributed by atoms with Crippen molar-refractivity contribution in [1.29, 1.82) is 0 Å². The lowest BCUT2D eigenvalue weighted by atomic mass is 10.2. The first kappa shape index (κ1) is 11.3. The fourth-order valence-corrected chi connectivity index (χ4v) is 2.76. The summed E-state index contributed by atoms with van der Waals surface area (Å²) in [4.78, 5) is 0. The Kier molecular flexibility index (Phi) is 3.46. The monoisotopic (exact) mass is 233 g/mol. The second-order valence-electron chi connectivity index (χ2n) is 5.60. The number of nitrogens with one attached hydrogen (secondary N) is 1. The first-order valence-corrected chi connectivity index (χ1v) is 7.18. The predicted octanol–water partition coefficient (Wildman–Crippen LogP) is 2.68. The van der Waals surface area contributed by atoms with Crippen molar-refractivity contribution >= 4 is 0 Å². The lowest BCUT2D eigenvalue weighted by Gasteiger charge is -2.08. The van der Waals surface area contributed by atoms with Crippen molar-refractivity contribution in [2.24, 2.45) is 0 Å². The van der Waals surface area contributed by atoms with Gasteiger partial charge >= 0.3 is 0 Å². The largest absolute Gasteiger partial charge is 0.314 e. The highest BCUT2D eigenvalue weighted by Gasteiger charge is 2.19. The van der Waals surface area contributed by atoms with Gasteiger partial charge < -0.3 is 5.32 Å². The van der Waals surface area contributed by atoms with E-state index in [0.29, 0.717) is 6.04 Å². The molecule has 17 heavy (non-hydrogen) atoms. The molecule has 0 aromatic carbocycles. The van der Waals surface area contributed by atoms with Crippen LogP contribution in [-0.4, -0.2) is 22.4 Å². The molecule has 0 bridgehead atoms. The number of nitrogens with zero attached hydrogens (tertiary/aromatic N) is 2. The molecule has 1 N–H and O–H groups in total. The molecule has 1 aromatic rings. The Morgan fingerprint density at radius 2 is 2.06 bits per heavy atom. The molecule has 2 aliphatic carbocycles. The third-order valence-corrected chi connectivity index (χ3v) is 4.01. The summed E-state index contributed by atoms with van der Waals surface area (Å²) < 4.78 is 2.21. The minimum atomic E-state index is 0.688. The van der Waals surface area contributed by atoms with Crippen molar-refractivity contribution in [3.8, 4) is 0 Å². The summed E-state index contributed by atoms with van der Waals surface area (Å²) in [6.45, 7) is 1.17. The van der Waals surface area contributed by atoms with Gasteiger partial charge in [-0.1, -0.05) is 12.8 Å². The zero-order valence-corrected chi connectivity index (χ0v) is 10.6. The fraction of sp³-hybridized carbons (Fsp3) is 0.786. The molecule has 2 saturated carbocycles. The Balaban J connectivity index is 1.42. The van der Waals surface area contributed by atoms with Crippen molar-refractivity contribution in [1.82, 2.24) is 15.1 Å². The summed E-state index contributed by atoms with van der Waals surface area (Å²) in [6, 6.07) is 1.53. The van der Waals surface area contributed by atoms with Gasteiger partial charge in [0.15, 0.2) is 0 Å². The van der Waals surface area contributed by atoms with E-state index in [-0.39, 0.29) is 0 Å². The Morgan fingerprint density at radius 1 is 1.24 bits per heavy atom. The van der Waals surface area contributed by atoms with Gasteiger partial charge in [0.05, 0.1) is 12.2 Å². The molecule has 1 heterocycles. The standard InChI is InChI=1S/C14H23N3/c1-2-6-14(5-1)17-11-12(10-16-17)4-3-9-15-13-7-8-13/h10-11,13-15H,1-9H2. The van der Waals surface area contributed by atoms with E-state index in [1.165, 1.54) is 63.5 Å². The van der Waals surface area contributed by atoms with E-state index in [4.69, 9.17) is 0 Å². The molecule has 0 radical (unpaired) electrons. The van der Waals surface area contributed by atoms with E-state index in [1.54, 1.807) is 0 Å². The number of rotatable bonds is 6. The Labute approximate surface area is 104 Å². The molecular formula is C14H23N3. The van der Waals surface area contributed by atoms with Crippen LogP contribution in [-0.2, 0) is 6.42 Å². The van der Waals surface area contributed by atoms with E-state index in [2.05, 4.69) is 27.5 Å². The minimum Gasteiger partial charge on any atom is -0.314 e. The van der Waals surface area contributed by atoms with Crippen LogP contribution in [0.1, 0.15) is 56.6 Å². The average Bonchev–Trinajstić information content (AvgIpc) is 2.84. The molecule has 3 rings (SSSR count). The van der Waals surface area contributed by atoms with Crippen molar-refractivity contribution in [2.45, 2.75) is 63.5 Å². The van der Waals surface area contributed by atoms with Gasteiger partial charge in [0.25, 0.3) is 0 Å². The minimum absolute atomic E-state index is 0.688. The van der Waals surface area contributed by atoms with Crippen molar-refractivity contribution in [3.63, 3.8) is 0 Å². The van der Waals surface area contributed by atoms with Crippen LogP contribution in [0, 0.1) is 0 Å². The van der Waals surface area contributed by atoms with Crippen LogP contribution < -0.4 is 5.32 Å². The highest BCUT2D eigenvalue weighted by Crippen LogP contribution is 2.28. The molecule has 1 aromatic heterocycles. The van der Waals surface area contributed by atoms with Crippen LogP contribution in [0.15, 0.2) is 12.4 Å². The first-order chi connectivity index (χ1) is 8.42. The summed E-state index contributed by atoms with van der Waals surface area (Å²) in [7, 11) is 0. The Bertz CT molecular complexity index is 348. The highest BCUT2D eigenvalue weighted by atomic mass is 15.3. The Hall–Kier alpha value is -0.830. The summed E-state index contributed by atoms with van der Waals surface area (Å²) in [5, 5.41) is 8.08. The topological polar surface area (TPSA) is 29.9 Å². The number of aryl methyl sites for hydroxylation is 1. The van der Waals surface area contributed by atoms with Gasteiger partial charge in [-0.05, 0) is 50.6 Å². The maximum Gasteiger partial charge on any atom is 0.0521 e. The van der Waals surface area contributed by atoms with Crippen LogP contribution in [0.3, 0.4) is 0 Å². The van der Waals surface area contributed by atoms with E-state index in [0.717, 1.165) is 6.04 Å². The number of aromatic nitrogens is 2. The Morgan fingerprint density at radius 3 is 2.82 bits per heavy atom. The second-order valence-corrected chi connectivity index (χ2v) is 5.60. The van der Waals surface area contributed by atoms with Crippen LogP contribution in [0.4, 0.5) is 0 Å². The molecule has 0 atom stereocenters. The van der Waals surface area contributed by atoms with Crippen molar-refractivity contribution in [3.05, 3.63) is 18.0 Å². The van der Waals surface area contributed by atoms with Crippen molar-refractivity contribution < 1.29 is 0 Å². The van der Waals surface area contributed by atoms with Crippen LogP contribution in [0.5, 0.6) is 0 Å². The molecule has 0 unspecified atom stereocenters. The second kappa shape index (κ2) is 5.21. The average molecular weight is 233 g/mol. The molecule has 3 heteroatoms. The zero-order valence-electron chi connectivity index (χ0n) is 10.6. The third-order valence-electron chi connectivity index (χ3n) is 4.01. The first-order valence-electron chi connectivity index (χ1n) is 7.18. The highest BCUT2D eigenvalue weighted by molar-refractivity contribution is 5.05. The molecule has 94 valence electrons. The molecule has 0 spiro atoms. The molecule has 0 saturated heterocycles.